The number of fused-ring (bicyclic) bond motifs is 13. The number of hydrogen-bond acceptors (Lipinski definition) is 4. The lowest BCUT2D eigenvalue weighted by Crippen LogP contribution is -2.03. The minimum absolute atomic E-state index is 0.660. The van der Waals surface area contributed by atoms with Crippen molar-refractivity contribution in [3.8, 4) is 17.2 Å². The van der Waals surface area contributed by atoms with Crippen LogP contribution < -0.4 is 0 Å². The van der Waals surface area contributed by atoms with Crippen molar-refractivity contribution in [2.45, 2.75) is 0 Å². The fourth-order valence-corrected chi connectivity index (χ4v) is 8.00. The van der Waals surface area contributed by atoms with E-state index in [9.17, 15) is 0 Å². The molecular formula is C38H21N3OS. The number of nitrogens with zero attached hydrogens (tertiary/aromatic N) is 3. The third kappa shape index (κ3) is 3.09. The highest BCUT2D eigenvalue weighted by Gasteiger charge is 2.26. The van der Waals surface area contributed by atoms with Crippen LogP contribution in [0.15, 0.2) is 132 Å². The topological polar surface area (TPSA) is 43.9 Å². The van der Waals surface area contributed by atoms with Crippen LogP contribution >= 0.6 is 11.3 Å². The van der Waals surface area contributed by atoms with Gasteiger partial charge in [0.25, 0.3) is 0 Å². The molecule has 0 N–H and O–H groups in total. The number of furan rings is 1. The molecule has 0 aliphatic heterocycles. The molecule has 4 heterocycles. The van der Waals surface area contributed by atoms with Crippen LogP contribution in [-0.4, -0.2) is 14.5 Å². The molecule has 0 unspecified atom stereocenters. The molecule has 0 aliphatic rings. The first-order chi connectivity index (χ1) is 21.3. The first-order valence-corrected chi connectivity index (χ1v) is 15.2. The molecule has 4 nitrogen and oxygen atoms in total. The summed E-state index contributed by atoms with van der Waals surface area (Å²) in [6.45, 7) is 0. The number of rotatable bonds is 2. The van der Waals surface area contributed by atoms with Crippen LogP contribution in [0.25, 0.3) is 92.0 Å². The molecule has 0 fully saturated rings. The summed E-state index contributed by atoms with van der Waals surface area (Å²) in [5.41, 5.74) is 6.93. The molecule has 10 aromatic rings. The largest absolute Gasteiger partial charge is 0.455 e. The van der Waals surface area contributed by atoms with E-state index in [1.807, 2.05) is 18.2 Å². The Hall–Kier alpha value is -5.52. The Balaban J connectivity index is 1.49. The van der Waals surface area contributed by atoms with Gasteiger partial charge in [0.2, 0.25) is 5.95 Å². The maximum atomic E-state index is 6.67. The van der Waals surface area contributed by atoms with Crippen molar-refractivity contribution in [2.24, 2.45) is 0 Å². The summed E-state index contributed by atoms with van der Waals surface area (Å²) in [7, 11) is 0. The van der Waals surface area contributed by atoms with E-state index in [1.54, 1.807) is 11.3 Å². The summed E-state index contributed by atoms with van der Waals surface area (Å²) in [5.74, 6) is 0.660. The van der Waals surface area contributed by atoms with Gasteiger partial charge in [-0.25, -0.2) is 9.97 Å². The quantitative estimate of drug-likeness (QED) is 0.209. The van der Waals surface area contributed by atoms with Gasteiger partial charge in [0.15, 0.2) is 5.58 Å². The van der Waals surface area contributed by atoms with E-state index >= 15 is 0 Å². The smallest absolute Gasteiger partial charge is 0.235 e. The molecular weight excluding hydrogens is 547 g/mol. The van der Waals surface area contributed by atoms with Crippen molar-refractivity contribution in [1.82, 2.24) is 14.5 Å². The van der Waals surface area contributed by atoms with Gasteiger partial charge in [-0.15, -0.1) is 11.3 Å². The van der Waals surface area contributed by atoms with E-state index in [1.165, 1.54) is 20.9 Å². The third-order valence-electron chi connectivity index (χ3n) is 8.60. The van der Waals surface area contributed by atoms with Gasteiger partial charge in [0.1, 0.15) is 5.58 Å². The summed E-state index contributed by atoms with van der Waals surface area (Å²) in [4.78, 5) is 10.6. The van der Waals surface area contributed by atoms with Gasteiger partial charge < -0.3 is 4.42 Å². The van der Waals surface area contributed by atoms with Crippen molar-refractivity contribution in [2.75, 3.05) is 0 Å². The summed E-state index contributed by atoms with van der Waals surface area (Å²) < 4.78 is 11.3. The molecule has 0 atom stereocenters. The zero-order valence-corrected chi connectivity index (χ0v) is 23.6. The molecule has 0 radical (unpaired) electrons. The van der Waals surface area contributed by atoms with Crippen LogP contribution in [0.5, 0.6) is 0 Å². The van der Waals surface area contributed by atoms with Gasteiger partial charge in [-0.3, -0.25) is 4.57 Å². The Bertz CT molecular complexity index is 2730. The molecule has 6 aromatic carbocycles. The number of benzene rings is 6. The molecule has 0 aliphatic carbocycles. The van der Waals surface area contributed by atoms with Crippen LogP contribution in [0, 0.1) is 0 Å². The van der Waals surface area contributed by atoms with Gasteiger partial charge in [0, 0.05) is 48.0 Å². The van der Waals surface area contributed by atoms with Crippen molar-refractivity contribution >= 4 is 86.2 Å². The second kappa shape index (κ2) is 8.51. The molecule has 200 valence electrons. The summed E-state index contributed by atoms with van der Waals surface area (Å²) in [5, 5.41) is 8.01. The molecule has 0 saturated heterocycles. The minimum Gasteiger partial charge on any atom is -0.455 e. The Kier molecular flexibility index (Phi) is 4.57. The average molecular weight is 568 g/mol. The molecule has 4 aromatic heterocycles. The highest BCUT2D eigenvalue weighted by Crippen LogP contribution is 2.50. The maximum Gasteiger partial charge on any atom is 0.235 e. The Morgan fingerprint density at radius 3 is 2.14 bits per heavy atom. The van der Waals surface area contributed by atoms with Gasteiger partial charge in [-0.05, 0) is 24.3 Å². The zero-order valence-electron chi connectivity index (χ0n) is 22.8. The van der Waals surface area contributed by atoms with E-state index in [0.29, 0.717) is 5.95 Å². The molecule has 43 heavy (non-hydrogen) atoms. The zero-order chi connectivity index (χ0) is 28.1. The fourth-order valence-electron chi connectivity index (χ4n) is 6.81. The lowest BCUT2D eigenvalue weighted by Gasteiger charge is -2.12. The van der Waals surface area contributed by atoms with E-state index in [0.717, 1.165) is 65.2 Å². The lowest BCUT2D eigenvalue weighted by molar-refractivity contribution is 0.673. The first-order valence-electron chi connectivity index (χ1n) is 14.4. The summed E-state index contributed by atoms with van der Waals surface area (Å²) in [6.07, 6.45) is 0. The van der Waals surface area contributed by atoms with Gasteiger partial charge in [-0.1, -0.05) is 103 Å². The predicted octanol–water partition coefficient (Wildman–Crippen LogP) is 10.7. The third-order valence-corrected chi connectivity index (χ3v) is 9.77. The van der Waals surface area contributed by atoms with Crippen LogP contribution in [0.4, 0.5) is 0 Å². The van der Waals surface area contributed by atoms with Crippen LogP contribution in [0.1, 0.15) is 0 Å². The SMILES string of the molecule is c1ccc(-c2nc(-n3c4ccccc4c4c5c6ccccc6oc5c5sc6ccccc6c5c43)nc3ccccc23)cc1. The minimum atomic E-state index is 0.660. The van der Waals surface area contributed by atoms with Gasteiger partial charge >= 0.3 is 0 Å². The number of para-hydroxylation sites is 3. The number of aromatic nitrogens is 3. The van der Waals surface area contributed by atoms with Crippen LogP contribution in [-0.2, 0) is 0 Å². The van der Waals surface area contributed by atoms with E-state index in [-0.39, 0.29) is 0 Å². The number of thiophene rings is 1. The Morgan fingerprint density at radius 2 is 1.26 bits per heavy atom. The highest BCUT2D eigenvalue weighted by molar-refractivity contribution is 7.26. The monoisotopic (exact) mass is 567 g/mol. The first kappa shape index (κ1) is 23.1. The van der Waals surface area contributed by atoms with Gasteiger partial charge in [0.05, 0.1) is 26.9 Å². The van der Waals surface area contributed by atoms with E-state index in [4.69, 9.17) is 14.4 Å². The second-order valence-corrected chi connectivity index (χ2v) is 12.0. The molecule has 5 heteroatoms. The lowest BCUT2D eigenvalue weighted by atomic mass is 10.0. The molecule has 0 saturated carbocycles. The molecule has 0 bridgehead atoms. The summed E-state index contributed by atoms with van der Waals surface area (Å²) in [6, 6.07) is 44.4. The Morgan fingerprint density at radius 1 is 0.558 bits per heavy atom. The van der Waals surface area contributed by atoms with Crippen LogP contribution in [0.3, 0.4) is 0 Å². The van der Waals surface area contributed by atoms with Gasteiger partial charge in [-0.2, -0.15) is 0 Å². The number of hydrogen-bond donors (Lipinski definition) is 0. The highest BCUT2D eigenvalue weighted by atomic mass is 32.1. The molecule has 10 rings (SSSR count). The van der Waals surface area contributed by atoms with Crippen LogP contribution in [0.2, 0.25) is 0 Å². The van der Waals surface area contributed by atoms with Crippen molar-refractivity contribution < 1.29 is 4.42 Å². The maximum absolute atomic E-state index is 6.67. The van der Waals surface area contributed by atoms with Crippen molar-refractivity contribution in [3.63, 3.8) is 0 Å². The fraction of sp³-hybridized carbons (Fsp3) is 0. The Labute approximate surface area is 249 Å². The van der Waals surface area contributed by atoms with E-state index in [2.05, 4.69) is 114 Å². The molecule has 0 amide bonds. The predicted molar refractivity (Wildman–Crippen MR) is 179 cm³/mol. The second-order valence-electron chi connectivity index (χ2n) is 10.9. The normalized spacial score (nSPS) is 12.2. The average Bonchev–Trinajstić information content (AvgIpc) is 3.74. The summed E-state index contributed by atoms with van der Waals surface area (Å²) >= 11 is 1.79. The van der Waals surface area contributed by atoms with Crippen molar-refractivity contribution in [1.29, 1.82) is 0 Å². The standard InChI is InChI=1S/C38H21N3OS/c1-2-12-22(13-3-1)34-23-14-4-8-18-27(23)39-38(40-34)41-28-19-9-5-15-24(28)31-32-25-16-6-10-20-29(25)42-36(32)37-33(35(31)41)26-17-7-11-21-30(26)43-37/h1-21H. The van der Waals surface area contributed by atoms with Crippen molar-refractivity contribution in [3.05, 3.63) is 127 Å². The molecule has 0 spiro atoms. The van der Waals surface area contributed by atoms with E-state index < -0.39 is 0 Å².